The van der Waals surface area contributed by atoms with Crippen molar-refractivity contribution < 1.29 is 5.11 Å². The molecule has 1 rings (SSSR count). The largest absolute Gasteiger partial charge is 0.396 e. The van der Waals surface area contributed by atoms with Crippen LogP contribution in [-0.2, 0) is 6.42 Å². The van der Waals surface area contributed by atoms with Crippen molar-refractivity contribution >= 4 is 0 Å². The first kappa shape index (κ1) is 14.2. The van der Waals surface area contributed by atoms with E-state index >= 15 is 0 Å². The number of hydrogen-bond donors (Lipinski definition) is 1. The van der Waals surface area contributed by atoms with Gasteiger partial charge in [-0.1, -0.05) is 56.5 Å². The van der Waals surface area contributed by atoms with Crippen LogP contribution < -0.4 is 0 Å². The number of hydrogen-bond acceptors (Lipinski definition) is 1. The summed E-state index contributed by atoms with van der Waals surface area (Å²) >= 11 is 0. The van der Waals surface area contributed by atoms with Gasteiger partial charge in [0.25, 0.3) is 0 Å². The average Bonchev–Trinajstić information content (AvgIpc) is 2.27. The van der Waals surface area contributed by atoms with Gasteiger partial charge in [0.05, 0.1) is 0 Å². The number of aliphatic hydroxyl groups excluding tert-OH is 1. The van der Waals surface area contributed by atoms with Crippen molar-refractivity contribution in [1.82, 2.24) is 0 Å². The Morgan fingerprint density at radius 2 is 1.94 bits per heavy atom. The zero-order valence-electron chi connectivity index (χ0n) is 11.4. The Hall–Kier alpha value is -0.820. The molecule has 0 aliphatic rings. The van der Waals surface area contributed by atoms with Crippen LogP contribution in [0.25, 0.3) is 0 Å². The monoisotopic (exact) mass is 234 g/mol. The van der Waals surface area contributed by atoms with Crippen LogP contribution in [0.15, 0.2) is 24.3 Å². The predicted octanol–water partition coefficient (Wildman–Crippen LogP) is 3.97. The molecular formula is C16H26O. The van der Waals surface area contributed by atoms with Crippen molar-refractivity contribution in [2.24, 2.45) is 11.8 Å². The van der Waals surface area contributed by atoms with Gasteiger partial charge in [-0.25, -0.2) is 0 Å². The standard InChI is InChI=1S/C16H26O/c1-13(2)6-4-9-16(12-17)11-15-8-5-7-14(3)10-15/h5,7-8,10,13,16-17H,4,6,9,11-12H2,1-3H3. The van der Waals surface area contributed by atoms with Gasteiger partial charge in [0.15, 0.2) is 0 Å². The topological polar surface area (TPSA) is 20.2 Å². The van der Waals surface area contributed by atoms with E-state index in [0.717, 1.165) is 18.8 Å². The summed E-state index contributed by atoms with van der Waals surface area (Å²) in [7, 11) is 0. The molecule has 0 fully saturated rings. The summed E-state index contributed by atoms with van der Waals surface area (Å²) in [6, 6.07) is 8.62. The van der Waals surface area contributed by atoms with Gasteiger partial charge in [0.2, 0.25) is 0 Å². The first-order chi connectivity index (χ1) is 8.11. The second-order valence-corrected chi connectivity index (χ2v) is 5.57. The first-order valence-electron chi connectivity index (χ1n) is 6.78. The summed E-state index contributed by atoms with van der Waals surface area (Å²) in [5.74, 6) is 1.20. The van der Waals surface area contributed by atoms with Crippen LogP contribution in [0.4, 0.5) is 0 Å². The van der Waals surface area contributed by atoms with Crippen molar-refractivity contribution in [2.75, 3.05) is 6.61 Å². The molecule has 1 nitrogen and oxygen atoms in total. The van der Waals surface area contributed by atoms with Gasteiger partial charge in [-0.05, 0) is 37.2 Å². The molecule has 0 amide bonds. The Labute approximate surface area is 106 Å². The molecule has 1 aromatic rings. The second kappa shape index (κ2) is 7.50. The highest BCUT2D eigenvalue weighted by Gasteiger charge is 2.09. The quantitative estimate of drug-likeness (QED) is 0.757. The molecule has 96 valence electrons. The lowest BCUT2D eigenvalue weighted by atomic mass is 9.92. The Morgan fingerprint density at radius 3 is 2.53 bits per heavy atom. The van der Waals surface area contributed by atoms with Gasteiger partial charge in [-0.15, -0.1) is 0 Å². The second-order valence-electron chi connectivity index (χ2n) is 5.57. The van der Waals surface area contributed by atoms with Crippen LogP contribution in [-0.4, -0.2) is 11.7 Å². The summed E-state index contributed by atoms with van der Waals surface area (Å²) in [5, 5.41) is 9.42. The molecule has 0 spiro atoms. The van der Waals surface area contributed by atoms with Crippen LogP contribution in [0.5, 0.6) is 0 Å². The molecule has 0 saturated heterocycles. The predicted molar refractivity (Wildman–Crippen MR) is 74.1 cm³/mol. The van der Waals surface area contributed by atoms with Gasteiger partial charge >= 0.3 is 0 Å². The molecule has 0 aliphatic heterocycles. The van der Waals surface area contributed by atoms with E-state index in [9.17, 15) is 5.11 Å². The molecule has 0 aromatic heterocycles. The maximum atomic E-state index is 9.42. The molecule has 17 heavy (non-hydrogen) atoms. The van der Waals surface area contributed by atoms with Crippen LogP contribution in [0.3, 0.4) is 0 Å². The number of benzene rings is 1. The fourth-order valence-corrected chi connectivity index (χ4v) is 2.25. The summed E-state index contributed by atoms with van der Waals surface area (Å²) in [6.45, 7) is 6.95. The smallest absolute Gasteiger partial charge is 0.0462 e. The minimum atomic E-state index is 0.312. The summed E-state index contributed by atoms with van der Waals surface area (Å²) in [6.07, 6.45) is 4.65. The van der Waals surface area contributed by atoms with Crippen LogP contribution in [0, 0.1) is 18.8 Å². The summed E-state index contributed by atoms with van der Waals surface area (Å²) in [5.41, 5.74) is 2.66. The van der Waals surface area contributed by atoms with Crippen LogP contribution >= 0.6 is 0 Å². The van der Waals surface area contributed by atoms with Crippen molar-refractivity contribution in [3.63, 3.8) is 0 Å². The minimum absolute atomic E-state index is 0.312. The van der Waals surface area contributed by atoms with Crippen molar-refractivity contribution in [2.45, 2.75) is 46.5 Å². The Kier molecular flexibility index (Phi) is 6.28. The lowest BCUT2D eigenvalue weighted by Gasteiger charge is -2.15. The minimum Gasteiger partial charge on any atom is -0.396 e. The maximum Gasteiger partial charge on any atom is 0.0462 e. The molecule has 1 heteroatoms. The first-order valence-corrected chi connectivity index (χ1v) is 6.78. The molecular weight excluding hydrogens is 208 g/mol. The van der Waals surface area contributed by atoms with E-state index in [-0.39, 0.29) is 0 Å². The lowest BCUT2D eigenvalue weighted by Crippen LogP contribution is -2.10. The average molecular weight is 234 g/mol. The van der Waals surface area contributed by atoms with Crippen molar-refractivity contribution in [3.8, 4) is 0 Å². The zero-order valence-corrected chi connectivity index (χ0v) is 11.4. The van der Waals surface area contributed by atoms with E-state index in [1.165, 1.54) is 24.0 Å². The Morgan fingerprint density at radius 1 is 1.18 bits per heavy atom. The normalized spacial score (nSPS) is 13.0. The number of aliphatic hydroxyl groups is 1. The third-order valence-corrected chi connectivity index (χ3v) is 3.26. The lowest BCUT2D eigenvalue weighted by molar-refractivity contribution is 0.213. The van der Waals surface area contributed by atoms with E-state index in [1.54, 1.807) is 0 Å². The van der Waals surface area contributed by atoms with Gasteiger partial charge < -0.3 is 5.11 Å². The molecule has 0 radical (unpaired) electrons. The SMILES string of the molecule is Cc1cccc(CC(CO)CCCC(C)C)c1. The van der Waals surface area contributed by atoms with E-state index in [0.29, 0.717) is 12.5 Å². The van der Waals surface area contributed by atoms with E-state index in [2.05, 4.69) is 45.0 Å². The highest BCUT2D eigenvalue weighted by atomic mass is 16.3. The fraction of sp³-hybridized carbons (Fsp3) is 0.625. The summed E-state index contributed by atoms with van der Waals surface area (Å²) in [4.78, 5) is 0. The molecule has 1 N–H and O–H groups in total. The molecule has 1 unspecified atom stereocenters. The number of rotatable bonds is 7. The summed E-state index contributed by atoms with van der Waals surface area (Å²) < 4.78 is 0. The van der Waals surface area contributed by atoms with Crippen LogP contribution in [0.1, 0.15) is 44.2 Å². The molecule has 1 atom stereocenters. The van der Waals surface area contributed by atoms with Crippen LogP contribution in [0.2, 0.25) is 0 Å². The fourth-order valence-electron chi connectivity index (χ4n) is 2.25. The third kappa shape index (κ3) is 5.88. The molecule has 0 heterocycles. The van der Waals surface area contributed by atoms with E-state index in [4.69, 9.17) is 0 Å². The third-order valence-electron chi connectivity index (χ3n) is 3.26. The zero-order chi connectivity index (χ0) is 12.7. The van der Waals surface area contributed by atoms with Gasteiger partial charge in [0.1, 0.15) is 0 Å². The Bertz CT molecular complexity index is 317. The van der Waals surface area contributed by atoms with Crippen molar-refractivity contribution in [1.29, 1.82) is 0 Å². The van der Waals surface area contributed by atoms with E-state index < -0.39 is 0 Å². The number of aryl methyl sites for hydroxylation is 1. The van der Waals surface area contributed by atoms with E-state index in [1.807, 2.05) is 0 Å². The molecule has 0 aliphatic carbocycles. The molecule has 0 saturated carbocycles. The Balaban J connectivity index is 2.41. The highest BCUT2D eigenvalue weighted by molar-refractivity contribution is 5.22. The maximum absolute atomic E-state index is 9.42. The molecule has 1 aromatic carbocycles. The molecule has 0 bridgehead atoms. The highest BCUT2D eigenvalue weighted by Crippen LogP contribution is 2.17. The van der Waals surface area contributed by atoms with Gasteiger partial charge in [-0.3, -0.25) is 0 Å². The van der Waals surface area contributed by atoms with Gasteiger partial charge in [0, 0.05) is 6.61 Å². The van der Waals surface area contributed by atoms with Gasteiger partial charge in [-0.2, -0.15) is 0 Å². The van der Waals surface area contributed by atoms with Crippen molar-refractivity contribution in [3.05, 3.63) is 35.4 Å².